The standard InChI is InChI=1S/C15H26N4/c1-4-5-8-19(14-6-7-14)15-11-17-13(10-18-15)9-16-12(2)3/h10-12,14,16H,4-9H2,1-3H3. The van der Waals surface area contributed by atoms with E-state index >= 15 is 0 Å². The van der Waals surface area contributed by atoms with Crippen molar-refractivity contribution in [3.63, 3.8) is 0 Å². The molecule has 0 atom stereocenters. The fourth-order valence-electron chi connectivity index (χ4n) is 2.10. The zero-order chi connectivity index (χ0) is 13.7. The Morgan fingerprint density at radius 1 is 1.32 bits per heavy atom. The predicted octanol–water partition coefficient (Wildman–Crippen LogP) is 2.74. The highest BCUT2D eigenvalue weighted by Gasteiger charge is 2.29. The van der Waals surface area contributed by atoms with Crippen molar-refractivity contribution >= 4 is 5.82 Å². The molecular formula is C15H26N4. The van der Waals surface area contributed by atoms with Gasteiger partial charge in [-0.3, -0.25) is 4.98 Å². The smallest absolute Gasteiger partial charge is 0.147 e. The second-order valence-electron chi connectivity index (χ2n) is 5.68. The lowest BCUT2D eigenvalue weighted by Crippen LogP contribution is -2.28. The minimum absolute atomic E-state index is 0.481. The Hall–Kier alpha value is -1.16. The van der Waals surface area contributed by atoms with E-state index in [0.717, 1.165) is 24.6 Å². The Balaban J connectivity index is 1.95. The molecule has 1 aromatic rings. The Morgan fingerprint density at radius 2 is 2.11 bits per heavy atom. The first-order valence-electron chi connectivity index (χ1n) is 7.51. The maximum atomic E-state index is 4.59. The first kappa shape index (κ1) is 14.3. The van der Waals surface area contributed by atoms with E-state index < -0.39 is 0 Å². The molecule has 0 aliphatic heterocycles. The van der Waals surface area contributed by atoms with Crippen LogP contribution in [0.3, 0.4) is 0 Å². The topological polar surface area (TPSA) is 41.1 Å². The van der Waals surface area contributed by atoms with Crippen LogP contribution in [0, 0.1) is 0 Å². The summed E-state index contributed by atoms with van der Waals surface area (Å²) in [7, 11) is 0. The number of aromatic nitrogens is 2. The van der Waals surface area contributed by atoms with Gasteiger partial charge in [-0.25, -0.2) is 4.98 Å². The van der Waals surface area contributed by atoms with Crippen molar-refractivity contribution in [1.29, 1.82) is 0 Å². The van der Waals surface area contributed by atoms with Crippen molar-refractivity contribution < 1.29 is 0 Å². The molecule has 4 nitrogen and oxygen atoms in total. The summed E-state index contributed by atoms with van der Waals surface area (Å²) in [6, 6.07) is 1.19. The first-order chi connectivity index (χ1) is 9.20. The van der Waals surface area contributed by atoms with Gasteiger partial charge in [0.1, 0.15) is 5.82 Å². The molecule has 2 rings (SSSR count). The van der Waals surface area contributed by atoms with E-state index in [2.05, 4.69) is 41.0 Å². The quantitative estimate of drug-likeness (QED) is 0.782. The molecule has 1 fully saturated rings. The Morgan fingerprint density at radius 3 is 2.63 bits per heavy atom. The third-order valence-electron chi connectivity index (χ3n) is 3.42. The number of hydrogen-bond donors (Lipinski definition) is 1. The molecule has 1 aromatic heterocycles. The van der Waals surface area contributed by atoms with Crippen LogP contribution in [0.25, 0.3) is 0 Å². The van der Waals surface area contributed by atoms with Gasteiger partial charge in [0.15, 0.2) is 0 Å². The second-order valence-corrected chi connectivity index (χ2v) is 5.68. The predicted molar refractivity (Wildman–Crippen MR) is 79.3 cm³/mol. The van der Waals surface area contributed by atoms with E-state index in [0.29, 0.717) is 12.1 Å². The zero-order valence-corrected chi connectivity index (χ0v) is 12.4. The van der Waals surface area contributed by atoms with Crippen LogP contribution in [0.2, 0.25) is 0 Å². The number of nitrogens with one attached hydrogen (secondary N) is 1. The lowest BCUT2D eigenvalue weighted by atomic mass is 10.3. The summed E-state index contributed by atoms with van der Waals surface area (Å²) in [5, 5.41) is 3.36. The molecular weight excluding hydrogens is 236 g/mol. The van der Waals surface area contributed by atoms with Crippen LogP contribution in [0.4, 0.5) is 5.82 Å². The van der Waals surface area contributed by atoms with Crippen molar-refractivity contribution in [2.45, 2.75) is 65.1 Å². The van der Waals surface area contributed by atoms with Crippen LogP contribution in [-0.2, 0) is 6.54 Å². The summed E-state index contributed by atoms with van der Waals surface area (Å²) >= 11 is 0. The number of anilines is 1. The summed E-state index contributed by atoms with van der Waals surface area (Å²) in [5.74, 6) is 1.05. The zero-order valence-electron chi connectivity index (χ0n) is 12.4. The molecule has 19 heavy (non-hydrogen) atoms. The molecule has 1 saturated carbocycles. The normalized spacial score (nSPS) is 14.9. The molecule has 0 unspecified atom stereocenters. The largest absolute Gasteiger partial charge is 0.352 e. The Bertz CT molecular complexity index is 370. The minimum atomic E-state index is 0.481. The lowest BCUT2D eigenvalue weighted by molar-refractivity contribution is 0.579. The molecule has 1 aliphatic carbocycles. The van der Waals surface area contributed by atoms with E-state index in [1.165, 1.54) is 25.7 Å². The van der Waals surface area contributed by atoms with Gasteiger partial charge in [-0.05, 0) is 19.3 Å². The lowest BCUT2D eigenvalue weighted by Gasteiger charge is -2.23. The van der Waals surface area contributed by atoms with Gasteiger partial charge in [-0.2, -0.15) is 0 Å². The fraction of sp³-hybridized carbons (Fsp3) is 0.733. The van der Waals surface area contributed by atoms with Crippen molar-refractivity contribution in [2.75, 3.05) is 11.4 Å². The number of unbranched alkanes of at least 4 members (excludes halogenated alkanes) is 1. The summed E-state index contributed by atoms with van der Waals surface area (Å²) in [4.78, 5) is 11.5. The molecule has 0 spiro atoms. The highest BCUT2D eigenvalue weighted by molar-refractivity contribution is 5.39. The molecule has 1 heterocycles. The molecule has 4 heteroatoms. The number of hydrogen-bond acceptors (Lipinski definition) is 4. The minimum Gasteiger partial charge on any atom is -0.352 e. The maximum absolute atomic E-state index is 4.59. The van der Waals surface area contributed by atoms with Gasteiger partial charge in [-0.1, -0.05) is 27.2 Å². The average molecular weight is 262 g/mol. The van der Waals surface area contributed by atoms with E-state index in [4.69, 9.17) is 0 Å². The van der Waals surface area contributed by atoms with E-state index in [9.17, 15) is 0 Å². The molecule has 1 aliphatic rings. The SMILES string of the molecule is CCCCN(c1cnc(CNC(C)C)cn1)C1CC1. The summed E-state index contributed by atoms with van der Waals surface area (Å²) in [6.07, 6.45) is 8.92. The highest BCUT2D eigenvalue weighted by atomic mass is 15.2. The van der Waals surface area contributed by atoms with Gasteiger partial charge in [0.25, 0.3) is 0 Å². The summed E-state index contributed by atoms with van der Waals surface area (Å²) < 4.78 is 0. The molecule has 1 N–H and O–H groups in total. The van der Waals surface area contributed by atoms with E-state index in [1.54, 1.807) is 0 Å². The van der Waals surface area contributed by atoms with Gasteiger partial charge in [0.05, 0.1) is 18.1 Å². The van der Waals surface area contributed by atoms with Gasteiger partial charge < -0.3 is 10.2 Å². The summed E-state index contributed by atoms with van der Waals surface area (Å²) in [5.41, 5.74) is 1.02. The number of rotatable bonds is 8. The molecule has 106 valence electrons. The van der Waals surface area contributed by atoms with Gasteiger partial charge in [0.2, 0.25) is 0 Å². The Kier molecular flexibility index (Phi) is 5.14. The molecule has 0 radical (unpaired) electrons. The van der Waals surface area contributed by atoms with Crippen LogP contribution in [0.1, 0.15) is 52.1 Å². The van der Waals surface area contributed by atoms with Crippen LogP contribution in [0.5, 0.6) is 0 Å². The van der Waals surface area contributed by atoms with E-state index in [-0.39, 0.29) is 0 Å². The van der Waals surface area contributed by atoms with Gasteiger partial charge in [0, 0.05) is 25.2 Å². The van der Waals surface area contributed by atoms with Crippen LogP contribution in [-0.4, -0.2) is 28.6 Å². The average Bonchev–Trinajstić information content (AvgIpc) is 3.23. The Labute approximate surface area is 116 Å². The first-order valence-corrected chi connectivity index (χ1v) is 7.51. The van der Waals surface area contributed by atoms with Crippen LogP contribution in [0.15, 0.2) is 12.4 Å². The molecule has 0 saturated heterocycles. The maximum Gasteiger partial charge on any atom is 0.147 e. The van der Waals surface area contributed by atoms with E-state index in [1.807, 2.05) is 12.4 Å². The third-order valence-corrected chi connectivity index (χ3v) is 3.42. The third kappa shape index (κ3) is 4.46. The highest BCUT2D eigenvalue weighted by Crippen LogP contribution is 2.30. The molecule has 0 amide bonds. The van der Waals surface area contributed by atoms with Crippen LogP contribution >= 0.6 is 0 Å². The van der Waals surface area contributed by atoms with Crippen molar-refractivity contribution in [3.8, 4) is 0 Å². The van der Waals surface area contributed by atoms with Gasteiger partial charge in [-0.15, -0.1) is 0 Å². The van der Waals surface area contributed by atoms with Gasteiger partial charge >= 0.3 is 0 Å². The number of nitrogens with zero attached hydrogens (tertiary/aromatic N) is 3. The summed E-state index contributed by atoms with van der Waals surface area (Å²) in [6.45, 7) is 8.42. The molecule has 0 bridgehead atoms. The van der Waals surface area contributed by atoms with Crippen molar-refractivity contribution in [2.24, 2.45) is 0 Å². The van der Waals surface area contributed by atoms with Crippen LogP contribution < -0.4 is 10.2 Å². The molecule has 0 aromatic carbocycles. The monoisotopic (exact) mass is 262 g/mol. The van der Waals surface area contributed by atoms with Crippen molar-refractivity contribution in [3.05, 3.63) is 18.1 Å². The second kappa shape index (κ2) is 6.85. The van der Waals surface area contributed by atoms with Crippen molar-refractivity contribution in [1.82, 2.24) is 15.3 Å². The fourth-order valence-corrected chi connectivity index (χ4v) is 2.10.